The number of aryl methyl sites for hydroxylation is 1. The molecule has 0 saturated heterocycles. The van der Waals surface area contributed by atoms with Gasteiger partial charge in [-0.05, 0) is 36.2 Å². The lowest BCUT2D eigenvalue weighted by Gasteiger charge is -2.13. The van der Waals surface area contributed by atoms with E-state index in [1.165, 1.54) is 23.5 Å². The molecule has 0 atom stereocenters. The summed E-state index contributed by atoms with van der Waals surface area (Å²) < 4.78 is 39.0. The van der Waals surface area contributed by atoms with Crippen LogP contribution in [-0.2, 0) is 0 Å². The number of rotatable bonds is 5. The quantitative estimate of drug-likeness (QED) is 0.886. The van der Waals surface area contributed by atoms with Crippen molar-refractivity contribution in [3.63, 3.8) is 0 Å². The number of amides is 1. The maximum Gasteiger partial charge on any atom is 0.277 e. The van der Waals surface area contributed by atoms with Crippen LogP contribution in [0.5, 0.6) is 0 Å². The van der Waals surface area contributed by atoms with Crippen molar-refractivity contribution in [2.45, 2.75) is 12.8 Å². The molecule has 0 spiro atoms. The molecule has 0 bridgehead atoms. The van der Waals surface area contributed by atoms with E-state index in [1.807, 2.05) is 6.92 Å². The van der Waals surface area contributed by atoms with Crippen molar-refractivity contribution in [1.29, 1.82) is 0 Å². The Morgan fingerprint density at radius 2 is 1.95 bits per heavy atom. The lowest BCUT2D eigenvalue weighted by molar-refractivity contribution is 0.0119. The maximum absolute atomic E-state index is 13.0. The fraction of sp³-hybridized carbons (Fsp3) is 0.267. The first-order valence-corrected chi connectivity index (χ1v) is 7.36. The van der Waals surface area contributed by atoms with E-state index in [0.29, 0.717) is 4.88 Å². The number of nitrogens with two attached hydrogens (primary N) is 1. The third kappa shape index (κ3) is 3.86. The SMILES string of the molecule is Cc1sc(C(=O)NCC(F)(F)CN)cc1-c1ccc(F)cc1. The third-order valence-corrected chi connectivity index (χ3v) is 4.15. The highest BCUT2D eigenvalue weighted by Crippen LogP contribution is 2.31. The zero-order chi connectivity index (χ0) is 16.3. The number of carbonyl (C=O) groups is 1. The van der Waals surface area contributed by atoms with Crippen molar-refractivity contribution in [2.24, 2.45) is 5.73 Å². The Balaban J connectivity index is 2.15. The summed E-state index contributed by atoms with van der Waals surface area (Å²) >= 11 is 1.20. The Kier molecular flexibility index (Phi) is 4.87. The lowest BCUT2D eigenvalue weighted by Crippen LogP contribution is -2.41. The zero-order valence-electron chi connectivity index (χ0n) is 11.8. The standard InChI is InChI=1S/C15H15F3N2OS/c1-9-12(10-2-4-11(16)5-3-10)6-13(22-9)14(21)20-8-15(17,18)7-19/h2-6H,7-8,19H2,1H3,(H,20,21). The summed E-state index contributed by atoms with van der Waals surface area (Å²) in [7, 11) is 0. The minimum atomic E-state index is -3.12. The summed E-state index contributed by atoms with van der Waals surface area (Å²) in [6.07, 6.45) is 0. The Hall–Kier alpha value is -1.86. The van der Waals surface area contributed by atoms with Gasteiger partial charge in [-0.15, -0.1) is 11.3 Å². The van der Waals surface area contributed by atoms with Crippen LogP contribution in [0.4, 0.5) is 13.2 Å². The van der Waals surface area contributed by atoms with Crippen LogP contribution in [0, 0.1) is 12.7 Å². The average molecular weight is 328 g/mol. The van der Waals surface area contributed by atoms with Crippen molar-refractivity contribution in [1.82, 2.24) is 5.32 Å². The van der Waals surface area contributed by atoms with E-state index in [4.69, 9.17) is 5.73 Å². The summed E-state index contributed by atoms with van der Waals surface area (Å²) in [5.41, 5.74) is 6.46. The molecule has 7 heteroatoms. The zero-order valence-corrected chi connectivity index (χ0v) is 12.6. The first-order chi connectivity index (χ1) is 10.3. The van der Waals surface area contributed by atoms with Gasteiger partial charge in [0.25, 0.3) is 11.8 Å². The second-order valence-corrected chi connectivity index (χ2v) is 6.09. The second kappa shape index (κ2) is 6.50. The first-order valence-electron chi connectivity index (χ1n) is 6.55. The number of benzene rings is 1. The predicted molar refractivity (Wildman–Crippen MR) is 80.8 cm³/mol. The Bertz CT molecular complexity index is 668. The molecule has 0 aliphatic carbocycles. The average Bonchev–Trinajstić information content (AvgIpc) is 2.88. The molecule has 2 aromatic rings. The number of thiophene rings is 1. The van der Waals surface area contributed by atoms with E-state index >= 15 is 0 Å². The van der Waals surface area contributed by atoms with Gasteiger partial charge in [-0.3, -0.25) is 4.79 Å². The molecule has 1 heterocycles. The third-order valence-electron chi connectivity index (χ3n) is 3.10. The van der Waals surface area contributed by atoms with Crippen LogP contribution in [0.2, 0.25) is 0 Å². The van der Waals surface area contributed by atoms with Gasteiger partial charge in [0.05, 0.1) is 18.0 Å². The van der Waals surface area contributed by atoms with Crippen LogP contribution in [0.3, 0.4) is 0 Å². The van der Waals surface area contributed by atoms with Crippen molar-refractivity contribution in [3.05, 3.63) is 45.9 Å². The van der Waals surface area contributed by atoms with Gasteiger partial charge in [0, 0.05) is 4.88 Å². The molecule has 0 radical (unpaired) electrons. The Labute approximate surface area is 130 Å². The normalized spacial score (nSPS) is 11.5. The monoisotopic (exact) mass is 328 g/mol. The fourth-order valence-corrected chi connectivity index (χ4v) is 2.84. The van der Waals surface area contributed by atoms with E-state index in [-0.39, 0.29) is 5.82 Å². The van der Waals surface area contributed by atoms with Crippen LogP contribution in [0.1, 0.15) is 14.5 Å². The van der Waals surface area contributed by atoms with Crippen LogP contribution < -0.4 is 11.1 Å². The summed E-state index contributed by atoms with van der Waals surface area (Å²) in [5, 5.41) is 2.17. The number of carbonyl (C=O) groups excluding carboxylic acids is 1. The van der Waals surface area contributed by atoms with E-state index < -0.39 is 24.9 Å². The topological polar surface area (TPSA) is 55.1 Å². The van der Waals surface area contributed by atoms with Crippen molar-refractivity contribution in [3.8, 4) is 11.1 Å². The molecule has 1 amide bonds. The highest BCUT2D eigenvalue weighted by atomic mass is 32.1. The number of hydrogen-bond acceptors (Lipinski definition) is 3. The van der Waals surface area contributed by atoms with Crippen LogP contribution in [0.15, 0.2) is 30.3 Å². The largest absolute Gasteiger partial charge is 0.345 e. The van der Waals surface area contributed by atoms with E-state index in [2.05, 4.69) is 5.32 Å². The Morgan fingerprint density at radius 3 is 2.55 bits per heavy atom. The minimum Gasteiger partial charge on any atom is -0.345 e. The van der Waals surface area contributed by atoms with E-state index in [9.17, 15) is 18.0 Å². The molecule has 0 aliphatic heterocycles. The molecule has 1 aromatic carbocycles. The molecule has 22 heavy (non-hydrogen) atoms. The number of alkyl halides is 2. The van der Waals surface area contributed by atoms with Crippen LogP contribution in [0.25, 0.3) is 11.1 Å². The number of hydrogen-bond donors (Lipinski definition) is 2. The molecule has 3 nitrogen and oxygen atoms in total. The number of halogens is 3. The van der Waals surface area contributed by atoms with Crippen LogP contribution in [-0.4, -0.2) is 24.9 Å². The predicted octanol–water partition coefficient (Wildman–Crippen LogP) is 3.19. The smallest absolute Gasteiger partial charge is 0.277 e. The highest BCUT2D eigenvalue weighted by Gasteiger charge is 2.27. The van der Waals surface area contributed by atoms with Crippen LogP contribution >= 0.6 is 11.3 Å². The van der Waals surface area contributed by atoms with Gasteiger partial charge in [0.1, 0.15) is 5.82 Å². The van der Waals surface area contributed by atoms with Gasteiger partial charge in [-0.1, -0.05) is 12.1 Å². The molecule has 3 N–H and O–H groups in total. The fourth-order valence-electron chi connectivity index (χ4n) is 1.88. The molecular weight excluding hydrogens is 313 g/mol. The molecule has 0 unspecified atom stereocenters. The number of nitrogens with one attached hydrogen (secondary N) is 1. The van der Waals surface area contributed by atoms with Gasteiger partial charge in [-0.25, -0.2) is 13.2 Å². The molecule has 1 aromatic heterocycles. The van der Waals surface area contributed by atoms with Crippen molar-refractivity contribution >= 4 is 17.2 Å². The van der Waals surface area contributed by atoms with E-state index in [1.54, 1.807) is 18.2 Å². The van der Waals surface area contributed by atoms with Gasteiger partial charge < -0.3 is 11.1 Å². The van der Waals surface area contributed by atoms with Gasteiger partial charge >= 0.3 is 0 Å². The summed E-state index contributed by atoms with van der Waals surface area (Å²) in [4.78, 5) is 13.1. The minimum absolute atomic E-state index is 0.324. The van der Waals surface area contributed by atoms with Gasteiger partial charge in [-0.2, -0.15) is 0 Å². The maximum atomic E-state index is 13.0. The molecule has 0 saturated carbocycles. The van der Waals surface area contributed by atoms with Gasteiger partial charge in [0.2, 0.25) is 0 Å². The lowest BCUT2D eigenvalue weighted by atomic mass is 10.1. The molecule has 0 aliphatic rings. The molecular formula is C15H15F3N2OS. The summed E-state index contributed by atoms with van der Waals surface area (Å²) in [5.74, 6) is -4.05. The summed E-state index contributed by atoms with van der Waals surface area (Å²) in [6.45, 7) is 0.192. The van der Waals surface area contributed by atoms with Crippen molar-refractivity contribution in [2.75, 3.05) is 13.1 Å². The first kappa shape index (κ1) is 16.5. The molecule has 118 valence electrons. The second-order valence-electron chi connectivity index (χ2n) is 4.83. The van der Waals surface area contributed by atoms with Gasteiger partial charge in [0.15, 0.2) is 0 Å². The Morgan fingerprint density at radius 1 is 1.32 bits per heavy atom. The van der Waals surface area contributed by atoms with Crippen molar-refractivity contribution < 1.29 is 18.0 Å². The highest BCUT2D eigenvalue weighted by molar-refractivity contribution is 7.14. The molecule has 2 rings (SSSR count). The summed E-state index contributed by atoms with van der Waals surface area (Å²) in [6, 6.07) is 7.48. The molecule has 0 fully saturated rings. The van der Waals surface area contributed by atoms with E-state index in [0.717, 1.165) is 16.0 Å².